The smallest absolute Gasteiger partial charge is 0.0512 e. The van der Waals surface area contributed by atoms with Gasteiger partial charge < -0.3 is 5.11 Å². The van der Waals surface area contributed by atoms with Crippen LogP contribution in [-0.4, -0.2) is 34.7 Å². The third-order valence-electron chi connectivity index (χ3n) is 3.41. The number of likely N-dealkylation sites (tertiary alicyclic amines) is 1. The first-order valence-electron chi connectivity index (χ1n) is 6.05. The van der Waals surface area contributed by atoms with Crippen molar-refractivity contribution in [2.24, 2.45) is 0 Å². The fourth-order valence-electron chi connectivity index (χ4n) is 2.48. The quantitative estimate of drug-likeness (QED) is 0.751. The van der Waals surface area contributed by atoms with Crippen molar-refractivity contribution < 1.29 is 5.11 Å². The van der Waals surface area contributed by atoms with Gasteiger partial charge in [0.05, 0.1) is 6.10 Å². The van der Waals surface area contributed by atoms with Crippen molar-refractivity contribution in [2.75, 3.05) is 6.54 Å². The summed E-state index contributed by atoms with van der Waals surface area (Å²) in [6.07, 6.45) is 6.01. The SMILES string of the molecule is CC(O)CCCN1C(C)CCCC1C. The zero-order chi connectivity index (χ0) is 10.6. The zero-order valence-electron chi connectivity index (χ0n) is 9.87. The van der Waals surface area contributed by atoms with E-state index in [4.69, 9.17) is 0 Å². The van der Waals surface area contributed by atoms with Crippen LogP contribution in [0.3, 0.4) is 0 Å². The predicted octanol–water partition coefficient (Wildman–Crippen LogP) is 2.41. The van der Waals surface area contributed by atoms with Crippen LogP contribution in [0.15, 0.2) is 0 Å². The van der Waals surface area contributed by atoms with Gasteiger partial charge >= 0.3 is 0 Å². The van der Waals surface area contributed by atoms with E-state index in [2.05, 4.69) is 18.7 Å². The van der Waals surface area contributed by atoms with Crippen LogP contribution in [0.2, 0.25) is 0 Å². The van der Waals surface area contributed by atoms with Gasteiger partial charge in [-0.15, -0.1) is 0 Å². The van der Waals surface area contributed by atoms with E-state index in [0.717, 1.165) is 31.5 Å². The van der Waals surface area contributed by atoms with Gasteiger partial charge in [-0.3, -0.25) is 4.90 Å². The van der Waals surface area contributed by atoms with E-state index < -0.39 is 0 Å². The first-order valence-corrected chi connectivity index (χ1v) is 6.05. The third-order valence-corrected chi connectivity index (χ3v) is 3.41. The normalized spacial score (nSPS) is 31.7. The molecule has 0 amide bonds. The van der Waals surface area contributed by atoms with Crippen molar-refractivity contribution in [3.8, 4) is 0 Å². The molecule has 0 spiro atoms. The van der Waals surface area contributed by atoms with E-state index in [9.17, 15) is 5.11 Å². The molecule has 84 valence electrons. The molecule has 0 saturated carbocycles. The number of rotatable bonds is 4. The van der Waals surface area contributed by atoms with Crippen molar-refractivity contribution in [3.63, 3.8) is 0 Å². The lowest BCUT2D eigenvalue weighted by atomic mass is 9.97. The molecule has 0 aromatic heterocycles. The molecule has 0 radical (unpaired) electrons. The van der Waals surface area contributed by atoms with E-state index in [1.54, 1.807) is 0 Å². The van der Waals surface area contributed by atoms with Crippen LogP contribution in [0.1, 0.15) is 52.9 Å². The van der Waals surface area contributed by atoms with Crippen molar-refractivity contribution in [3.05, 3.63) is 0 Å². The lowest BCUT2D eigenvalue weighted by molar-refractivity contribution is 0.0933. The summed E-state index contributed by atoms with van der Waals surface area (Å²) in [5, 5.41) is 9.20. The molecule has 1 aliphatic heterocycles. The largest absolute Gasteiger partial charge is 0.393 e. The summed E-state index contributed by atoms with van der Waals surface area (Å²) in [5.74, 6) is 0. The molecule has 1 aliphatic rings. The van der Waals surface area contributed by atoms with Gasteiger partial charge in [-0.05, 0) is 53.0 Å². The molecule has 0 bridgehead atoms. The molecule has 1 heterocycles. The first kappa shape index (κ1) is 12.0. The van der Waals surface area contributed by atoms with E-state index in [1.165, 1.54) is 19.3 Å². The summed E-state index contributed by atoms with van der Waals surface area (Å²) in [4.78, 5) is 2.60. The van der Waals surface area contributed by atoms with Crippen molar-refractivity contribution in [1.29, 1.82) is 0 Å². The Morgan fingerprint density at radius 1 is 1.29 bits per heavy atom. The van der Waals surface area contributed by atoms with Gasteiger partial charge in [0.25, 0.3) is 0 Å². The Kier molecular flexibility index (Phi) is 4.90. The van der Waals surface area contributed by atoms with Gasteiger partial charge in [0, 0.05) is 12.1 Å². The molecule has 0 aromatic rings. The second kappa shape index (κ2) is 5.72. The summed E-state index contributed by atoms with van der Waals surface area (Å²) in [5.41, 5.74) is 0. The molecule has 1 fully saturated rings. The molecule has 14 heavy (non-hydrogen) atoms. The Balaban J connectivity index is 2.26. The molecule has 2 nitrogen and oxygen atoms in total. The maximum absolute atomic E-state index is 9.20. The van der Waals surface area contributed by atoms with Crippen LogP contribution in [0, 0.1) is 0 Å². The Bertz CT molecular complexity index is 148. The average molecular weight is 199 g/mol. The van der Waals surface area contributed by atoms with Crippen LogP contribution < -0.4 is 0 Å². The summed E-state index contributed by atoms with van der Waals surface area (Å²) < 4.78 is 0. The van der Waals surface area contributed by atoms with Gasteiger partial charge in [0.1, 0.15) is 0 Å². The predicted molar refractivity (Wildman–Crippen MR) is 60.4 cm³/mol. The maximum Gasteiger partial charge on any atom is 0.0512 e. The molecular formula is C12H25NO. The van der Waals surface area contributed by atoms with Gasteiger partial charge in [-0.2, -0.15) is 0 Å². The lowest BCUT2D eigenvalue weighted by Gasteiger charge is -2.39. The third kappa shape index (κ3) is 3.58. The summed E-state index contributed by atoms with van der Waals surface area (Å²) >= 11 is 0. The minimum absolute atomic E-state index is 0.134. The Hall–Kier alpha value is -0.0800. The highest BCUT2D eigenvalue weighted by Gasteiger charge is 2.23. The van der Waals surface area contributed by atoms with E-state index >= 15 is 0 Å². The molecule has 1 rings (SSSR count). The average Bonchev–Trinajstić information content (AvgIpc) is 2.09. The van der Waals surface area contributed by atoms with Crippen molar-refractivity contribution in [1.82, 2.24) is 4.90 Å². The highest BCUT2D eigenvalue weighted by molar-refractivity contribution is 4.79. The van der Waals surface area contributed by atoms with Crippen molar-refractivity contribution in [2.45, 2.75) is 71.1 Å². The Morgan fingerprint density at radius 3 is 2.36 bits per heavy atom. The maximum atomic E-state index is 9.20. The molecule has 3 unspecified atom stereocenters. The van der Waals surface area contributed by atoms with Gasteiger partial charge in [-0.25, -0.2) is 0 Å². The fourth-order valence-corrected chi connectivity index (χ4v) is 2.48. The number of hydrogen-bond donors (Lipinski definition) is 1. The molecule has 1 saturated heterocycles. The van der Waals surface area contributed by atoms with Crippen LogP contribution in [0.25, 0.3) is 0 Å². The van der Waals surface area contributed by atoms with E-state index in [-0.39, 0.29) is 6.10 Å². The van der Waals surface area contributed by atoms with E-state index in [0.29, 0.717) is 0 Å². The lowest BCUT2D eigenvalue weighted by Crippen LogP contribution is -2.44. The minimum Gasteiger partial charge on any atom is -0.393 e. The van der Waals surface area contributed by atoms with Crippen molar-refractivity contribution >= 4 is 0 Å². The van der Waals surface area contributed by atoms with Crippen LogP contribution in [0.4, 0.5) is 0 Å². The zero-order valence-corrected chi connectivity index (χ0v) is 9.87. The number of hydrogen-bond acceptors (Lipinski definition) is 2. The van der Waals surface area contributed by atoms with Crippen LogP contribution in [0.5, 0.6) is 0 Å². The first-order chi connectivity index (χ1) is 6.61. The monoisotopic (exact) mass is 199 g/mol. The minimum atomic E-state index is -0.134. The van der Waals surface area contributed by atoms with Gasteiger partial charge in [0.2, 0.25) is 0 Å². The topological polar surface area (TPSA) is 23.5 Å². The molecule has 2 heteroatoms. The standard InChI is InChI=1S/C12H25NO/c1-10-6-4-7-11(2)13(10)9-5-8-12(3)14/h10-12,14H,4-9H2,1-3H3. The number of nitrogens with zero attached hydrogens (tertiary/aromatic N) is 1. The number of aliphatic hydroxyl groups is 1. The van der Waals surface area contributed by atoms with Gasteiger partial charge in [-0.1, -0.05) is 6.42 Å². The second-order valence-electron chi connectivity index (χ2n) is 4.86. The summed E-state index contributed by atoms with van der Waals surface area (Å²) in [7, 11) is 0. The molecule has 0 aromatic carbocycles. The highest BCUT2D eigenvalue weighted by Crippen LogP contribution is 2.22. The molecular weight excluding hydrogens is 174 g/mol. The Morgan fingerprint density at radius 2 is 1.86 bits per heavy atom. The molecule has 3 atom stereocenters. The summed E-state index contributed by atoms with van der Waals surface area (Å²) in [6, 6.07) is 1.49. The molecule has 0 aliphatic carbocycles. The van der Waals surface area contributed by atoms with Crippen LogP contribution >= 0.6 is 0 Å². The Labute approximate surface area is 88.3 Å². The van der Waals surface area contributed by atoms with Crippen LogP contribution in [-0.2, 0) is 0 Å². The van der Waals surface area contributed by atoms with E-state index in [1.807, 2.05) is 6.92 Å². The number of aliphatic hydroxyl groups excluding tert-OH is 1. The summed E-state index contributed by atoms with van der Waals surface area (Å²) in [6.45, 7) is 7.70. The second-order valence-corrected chi connectivity index (χ2v) is 4.86. The van der Waals surface area contributed by atoms with Gasteiger partial charge in [0.15, 0.2) is 0 Å². The number of piperidine rings is 1. The highest BCUT2D eigenvalue weighted by atomic mass is 16.3. The molecule has 1 N–H and O–H groups in total. The fraction of sp³-hybridized carbons (Fsp3) is 1.00.